The number of nitrogens with zero attached hydrogens (tertiary/aromatic N) is 1. The van der Waals surface area contributed by atoms with Crippen LogP contribution in [-0.2, 0) is 14.4 Å². The second kappa shape index (κ2) is 8.35. The van der Waals surface area contributed by atoms with E-state index in [1.807, 2.05) is 61.5 Å². The summed E-state index contributed by atoms with van der Waals surface area (Å²) >= 11 is 0. The summed E-state index contributed by atoms with van der Waals surface area (Å²) in [7, 11) is 0. The maximum absolute atomic E-state index is 13.6. The molecule has 3 aromatic rings. The lowest BCUT2D eigenvalue weighted by Crippen LogP contribution is -2.38. The summed E-state index contributed by atoms with van der Waals surface area (Å²) in [5.74, 6) is -1.16. The zero-order valence-corrected chi connectivity index (χ0v) is 20.9. The van der Waals surface area contributed by atoms with Gasteiger partial charge >= 0.3 is 0 Å². The van der Waals surface area contributed by atoms with E-state index in [9.17, 15) is 19.2 Å². The molecule has 0 spiro atoms. The number of hydrogen-bond acceptors (Lipinski definition) is 4. The highest BCUT2D eigenvalue weighted by molar-refractivity contribution is 6.22. The summed E-state index contributed by atoms with van der Waals surface area (Å²) in [6, 6.07) is 19.8. The molecule has 6 heteroatoms. The van der Waals surface area contributed by atoms with Gasteiger partial charge in [0.2, 0.25) is 17.7 Å². The molecule has 1 heterocycles. The molecule has 1 aliphatic heterocycles. The largest absolute Gasteiger partial charge is 0.326 e. The lowest BCUT2D eigenvalue weighted by molar-refractivity contribution is -0.144. The highest BCUT2D eigenvalue weighted by atomic mass is 16.2. The highest BCUT2D eigenvalue weighted by Gasteiger charge is 2.60. The number of amides is 3. The number of nitrogens with one attached hydrogen (secondary N) is 1. The molecule has 1 saturated heterocycles. The second-order valence-corrected chi connectivity index (χ2v) is 10.9. The van der Waals surface area contributed by atoms with Crippen LogP contribution < -0.4 is 5.32 Å². The maximum Gasteiger partial charge on any atom is 0.234 e. The number of fused-ring (bicyclic) bond motifs is 8. The van der Waals surface area contributed by atoms with Crippen LogP contribution in [0, 0.1) is 30.6 Å². The van der Waals surface area contributed by atoms with Crippen molar-refractivity contribution in [2.24, 2.45) is 23.7 Å². The first-order valence-corrected chi connectivity index (χ1v) is 13.1. The number of imide groups is 1. The number of likely N-dealkylation sites (tertiary alicyclic amines) is 1. The van der Waals surface area contributed by atoms with Gasteiger partial charge in [-0.2, -0.15) is 0 Å². The Hall–Kier alpha value is -4.32. The molecule has 2 fully saturated rings. The van der Waals surface area contributed by atoms with Gasteiger partial charge in [0.05, 0.1) is 24.3 Å². The number of hydrogen-bond donors (Lipinski definition) is 1. The van der Waals surface area contributed by atoms with Gasteiger partial charge in [-0.15, -0.1) is 0 Å². The Balaban J connectivity index is 1.16. The molecule has 2 bridgehead atoms. The minimum Gasteiger partial charge on any atom is -0.326 e. The molecule has 3 amide bonds. The van der Waals surface area contributed by atoms with Crippen molar-refractivity contribution in [2.75, 3.05) is 5.32 Å². The van der Waals surface area contributed by atoms with Gasteiger partial charge in [0.1, 0.15) is 0 Å². The van der Waals surface area contributed by atoms with Crippen molar-refractivity contribution in [1.29, 1.82) is 0 Å². The van der Waals surface area contributed by atoms with Crippen LogP contribution in [0.2, 0.25) is 0 Å². The number of aryl methyl sites for hydroxylation is 1. The van der Waals surface area contributed by atoms with Gasteiger partial charge in [-0.05, 0) is 54.0 Å². The predicted octanol–water partition coefficient (Wildman–Crippen LogP) is 5.08. The van der Waals surface area contributed by atoms with Gasteiger partial charge in [-0.25, -0.2) is 0 Å². The summed E-state index contributed by atoms with van der Waals surface area (Å²) in [6.45, 7) is 1.97. The quantitative estimate of drug-likeness (QED) is 0.305. The Morgan fingerprint density at radius 1 is 0.842 bits per heavy atom. The van der Waals surface area contributed by atoms with Crippen molar-refractivity contribution >= 4 is 29.2 Å². The molecule has 5 atom stereocenters. The van der Waals surface area contributed by atoms with E-state index in [-0.39, 0.29) is 53.6 Å². The number of allylic oxidation sites excluding steroid dienone is 2. The third-order valence-electron chi connectivity index (χ3n) is 8.67. The fourth-order valence-electron chi connectivity index (χ4n) is 6.87. The van der Waals surface area contributed by atoms with E-state index < -0.39 is 6.04 Å². The molecule has 1 N–H and O–H groups in total. The van der Waals surface area contributed by atoms with Crippen molar-refractivity contribution in [3.05, 3.63) is 101 Å². The van der Waals surface area contributed by atoms with Crippen LogP contribution in [-0.4, -0.2) is 28.4 Å². The monoisotopic (exact) mass is 502 g/mol. The molecule has 7 rings (SSSR count). The maximum atomic E-state index is 13.6. The van der Waals surface area contributed by atoms with Crippen LogP contribution in [0.4, 0.5) is 5.69 Å². The van der Waals surface area contributed by atoms with Gasteiger partial charge in [-0.3, -0.25) is 24.1 Å². The molecule has 1 saturated carbocycles. The molecule has 6 nitrogen and oxygen atoms in total. The van der Waals surface area contributed by atoms with Gasteiger partial charge in [0, 0.05) is 16.8 Å². The average Bonchev–Trinajstić information content (AvgIpc) is 3.66. The van der Waals surface area contributed by atoms with Crippen LogP contribution in [0.3, 0.4) is 0 Å². The van der Waals surface area contributed by atoms with Gasteiger partial charge < -0.3 is 5.32 Å². The zero-order valence-electron chi connectivity index (χ0n) is 20.9. The van der Waals surface area contributed by atoms with E-state index in [1.54, 1.807) is 12.1 Å². The van der Waals surface area contributed by atoms with Crippen LogP contribution in [0.1, 0.15) is 45.9 Å². The third kappa shape index (κ3) is 3.33. The third-order valence-corrected chi connectivity index (χ3v) is 8.67. The van der Waals surface area contributed by atoms with E-state index in [2.05, 4.69) is 17.5 Å². The van der Waals surface area contributed by atoms with E-state index >= 15 is 0 Å². The Labute approximate surface area is 220 Å². The number of carbonyl (C=O) groups is 4. The minimum absolute atomic E-state index is 0.0615. The smallest absolute Gasteiger partial charge is 0.234 e. The lowest BCUT2D eigenvalue weighted by atomic mass is 9.85. The van der Waals surface area contributed by atoms with E-state index in [0.29, 0.717) is 16.8 Å². The Bertz CT molecular complexity index is 1540. The second-order valence-electron chi connectivity index (χ2n) is 10.9. The molecule has 3 aromatic carbocycles. The summed E-state index contributed by atoms with van der Waals surface area (Å²) < 4.78 is 0. The van der Waals surface area contributed by atoms with Crippen molar-refractivity contribution < 1.29 is 19.2 Å². The number of rotatable bonds is 5. The molecule has 0 aromatic heterocycles. The summed E-state index contributed by atoms with van der Waals surface area (Å²) in [6.07, 6.45) is 4.94. The SMILES string of the molecule is Cc1ccc(C(CC(=O)Nc2ccc3c(c2)C(=O)c2ccccc2-3)N2C(=O)C3C4C=CC(C4)C3C2=O)cc1. The molecule has 188 valence electrons. The van der Waals surface area contributed by atoms with E-state index in [1.165, 1.54) is 4.90 Å². The van der Waals surface area contributed by atoms with Crippen molar-refractivity contribution in [1.82, 2.24) is 4.90 Å². The van der Waals surface area contributed by atoms with Crippen LogP contribution in [0.5, 0.6) is 0 Å². The minimum atomic E-state index is -0.694. The summed E-state index contributed by atoms with van der Waals surface area (Å²) in [5.41, 5.74) is 5.28. The fourth-order valence-corrected chi connectivity index (χ4v) is 6.87. The highest BCUT2D eigenvalue weighted by Crippen LogP contribution is 2.54. The topological polar surface area (TPSA) is 83.6 Å². The fraction of sp³-hybridized carbons (Fsp3) is 0.250. The predicted molar refractivity (Wildman–Crippen MR) is 142 cm³/mol. The molecule has 3 aliphatic carbocycles. The molecule has 38 heavy (non-hydrogen) atoms. The molecule has 0 radical (unpaired) electrons. The molecule has 5 unspecified atom stereocenters. The summed E-state index contributed by atoms with van der Waals surface area (Å²) in [5, 5.41) is 2.91. The number of anilines is 1. The van der Waals surface area contributed by atoms with E-state index in [0.717, 1.165) is 28.7 Å². The Kier molecular flexibility index (Phi) is 5.02. The molecular weight excluding hydrogens is 476 g/mol. The first-order chi connectivity index (χ1) is 18.4. The first kappa shape index (κ1) is 22.8. The van der Waals surface area contributed by atoms with Crippen molar-refractivity contribution in [3.8, 4) is 11.1 Å². The standard InChI is InChI=1S/C32H26N2O4/c1-17-6-8-18(9-7-17)26(34-31(37)28-19-10-11-20(14-19)29(28)32(34)38)16-27(35)33-21-12-13-23-22-4-2-3-5-24(22)30(36)25(23)15-21/h2-13,15,19-20,26,28-29H,14,16H2,1H3,(H,33,35). The van der Waals surface area contributed by atoms with Gasteiger partial charge in [0.25, 0.3) is 0 Å². The molecule has 4 aliphatic rings. The number of ketones is 1. The van der Waals surface area contributed by atoms with Crippen molar-refractivity contribution in [2.45, 2.75) is 25.8 Å². The first-order valence-electron chi connectivity index (χ1n) is 13.1. The van der Waals surface area contributed by atoms with Crippen LogP contribution >= 0.6 is 0 Å². The zero-order chi connectivity index (χ0) is 26.1. The van der Waals surface area contributed by atoms with Gasteiger partial charge in [0.15, 0.2) is 5.78 Å². The molecular formula is C32H26N2O4. The summed E-state index contributed by atoms with van der Waals surface area (Å²) in [4.78, 5) is 54.8. The lowest BCUT2D eigenvalue weighted by Gasteiger charge is -2.28. The van der Waals surface area contributed by atoms with Gasteiger partial charge in [-0.1, -0.05) is 72.3 Å². The van der Waals surface area contributed by atoms with Crippen molar-refractivity contribution in [3.63, 3.8) is 0 Å². The van der Waals surface area contributed by atoms with Crippen LogP contribution in [0.25, 0.3) is 11.1 Å². The Morgan fingerprint density at radius 3 is 2.16 bits per heavy atom. The number of benzene rings is 3. The number of carbonyl (C=O) groups excluding carboxylic acids is 4. The Morgan fingerprint density at radius 2 is 1.47 bits per heavy atom. The van der Waals surface area contributed by atoms with E-state index in [4.69, 9.17) is 0 Å². The normalized spacial score (nSPS) is 25.0. The average molecular weight is 503 g/mol. The van der Waals surface area contributed by atoms with Crippen LogP contribution in [0.15, 0.2) is 78.9 Å².